The van der Waals surface area contributed by atoms with Gasteiger partial charge >= 0.3 is 6.09 Å². The molecule has 0 aromatic heterocycles. The fraction of sp³-hybridized carbons (Fsp3) is 0.370. The summed E-state index contributed by atoms with van der Waals surface area (Å²) in [5.41, 5.74) is 10.3. The van der Waals surface area contributed by atoms with Gasteiger partial charge in [-0.2, -0.15) is 0 Å². The van der Waals surface area contributed by atoms with Crippen LogP contribution in [0.3, 0.4) is 0 Å². The average molecular weight is 432 g/mol. The highest BCUT2D eigenvalue weighted by atomic mass is 16.6. The van der Waals surface area contributed by atoms with Crippen LogP contribution in [0, 0.1) is 0 Å². The van der Waals surface area contributed by atoms with Gasteiger partial charge in [-0.1, -0.05) is 42.5 Å². The smallest absolute Gasteiger partial charge is 0.407 e. The molecule has 1 amide bonds. The Labute approximate surface area is 190 Å². The second kappa shape index (κ2) is 9.11. The second-order valence-electron chi connectivity index (χ2n) is 9.60. The number of fused-ring (bicyclic) bond motifs is 1. The third-order valence-electron chi connectivity index (χ3n) is 5.94. The molecule has 0 radical (unpaired) electrons. The second-order valence-corrected chi connectivity index (χ2v) is 9.60. The molecule has 1 fully saturated rings. The summed E-state index contributed by atoms with van der Waals surface area (Å²) in [6.07, 6.45) is 2.38. The van der Waals surface area contributed by atoms with E-state index in [-0.39, 0.29) is 12.1 Å². The van der Waals surface area contributed by atoms with E-state index >= 15 is 0 Å². The van der Waals surface area contributed by atoms with Crippen molar-refractivity contribution >= 4 is 28.2 Å². The molecule has 0 bridgehead atoms. The van der Waals surface area contributed by atoms with E-state index in [4.69, 9.17) is 10.5 Å². The van der Waals surface area contributed by atoms with Crippen LogP contribution in [0.2, 0.25) is 0 Å². The lowest BCUT2D eigenvalue weighted by Gasteiger charge is -2.23. The summed E-state index contributed by atoms with van der Waals surface area (Å²) in [6, 6.07) is 21.4. The van der Waals surface area contributed by atoms with E-state index in [1.54, 1.807) is 0 Å². The minimum atomic E-state index is -0.488. The molecule has 5 nitrogen and oxygen atoms in total. The molecule has 1 saturated heterocycles. The standard InChI is InChI=1S/C27H33N3O2/c1-27(2,3)32-26(31)29-22-15-16-30(18-22)23-13-14-25(28)21(17-23)12-11-20-9-6-8-19-7-4-5-10-24(19)20/h4-10,13-14,17,22H,11-12,15-16,18,28H2,1-3H3,(H,29,31)/t22-/m1/s1. The molecule has 0 aliphatic carbocycles. The molecule has 3 aromatic rings. The zero-order valence-electron chi connectivity index (χ0n) is 19.2. The molecular weight excluding hydrogens is 398 g/mol. The summed E-state index contributed by atoms with van der Waals surface area (Å²) in [4.78, 5) is 14.4. The number of nitrogens with two attached hydrogens (primary N) is 1. The normalized spacial score (nSPS) is 16.3. The van der Waals surface area contributed by atoms with E-state index in [9.17, 15) is 4.79 Å². The number of ether oxygens (including phenoxy) is 1. The number of benzene rings is 3. The van der Waals surface area contributed by atoms with Crippen LogP contribution < -0.4 is 16.0 Å². The Morgan fingerprint density at radius 2 is 1.81 bits per heavy atom. The van der Waals surface area contributed by atoms with Gasteiger partial charge in [-0.25, -0.2) is 4.79 Å². The molecule has 0 saturated carbocycles. The van der Waals surface area contributed by atoms with Crippen molar-refractivity contribution in [3.8, 4) is 0 Å². The molecular formula is C27H33N3O2. The van der Waals surface area contributed by atoms with E-state index in [1.807, 2.05) is 26.8 Å². The highest BCUT2D eigenvalue weighted by Gasteiger charge is 2.26. The maximum absolute atomic E-state index is 12.1. The number of nitrogens with zero attached hydrogens (tertiary/aromatic N) is 1. The van der Waals surface area contributed by atoms with Crippen LogP contribution in [0.1, 0.15) is 38.3 Å². The summed E-state index contributed by atoms with van der Waals surface area (Å²) in [6.45, 7) is 7.30. The molecule has 1 aliphatic heterocycles. The maximum atomic E-state index is 12.1. The number of hydrogen-bond acceptors (Lipinski definition) is 4. The van der Waals surface area contributed by atoms with Gasteiger partial charge in [0, 0.05) is 24.5 Å². The molecule has 1 atom stereocenters. The number of carbonyl (C=O) groups excluding carboxylic acids is 1. The summed E-state index contributed by atoms with van der Waals surface area (Å²) >= 11 is 0. The van der Waals surface area contributed by atoms with E-state index in [0.29, 0.717) is 0 Å². The van der Waals surface area contributed by atoms with Gasteiger partial charge in [0.05, 0.1) is 6.04 Å². The van der Waals surface area contributed by atoms with Gasteiger partial charge in [0.2, 0.25) is 0 Å². The summed E-state index contributed by atoms with van der Waals surface area (Å²) in [5, 5.41) is 5.57. The number of nitrogens with one attached hydrogen (secondary N) is 1. The third kappa shape index (κ3) is 5.34. The number of carbonyl (C=O) groups is 1. The molecule has 168 valence electrons. The van der Waals surface area contributed by atoms with Crippen LogP contribution >= 0.6 is 0 Å². The van der Waals surface area contributed by atoms with Crippen molar-refractivity contribution in [2.24, 2.45) is 0 Å². The van der Waals surface area contributed by atoms with Gasteiger partial charge in [0.15, 0.2) is 0 Å². The lowest BCUT2D eigenvalue weighted by atomic mass is 9.97. The number of anilines is 2. The van der Waals surface area contributed by atoms with Crippen molar-refractivity contribution in [3.05, 3.63) is 71.8 Å². The topological polar surface area (TPSA) is 67.6 Å². The number of rotatable bonds is 5. The first kappa shape index (κ1) is 22.0. The predicted octanol–water partition coefficient (Wildman–Crippen LogP) is 5.31. The first-order valence-corrected chi connectivity index (χ1v) is 11.4. The number of amides is 1. The predicted molar refractivity (Wildman–Crippen MR) is 132 cm³/mol. The quantitative estimate of drug-likeness (QED) is 0.537. The van der Waals surface area contributed by atoms with Crippen LogP contribution in [0.5, 0.6) is 0 Å². The summed E-state index contributed by atoms with van der Waals surface area (Å²) in [5.74, 6) is 0. The highest BCUT2D eigenvalue weighted by molar-refractivity contribution is 5.85. The van der Waals surface area contributed by atoms with Crippen LogP contribution in [0.25, 0.3) is 10.8 Å². The molecule has 3 aromatic carbocycles. The van der Waals surface area contributed by atoms with E-state index in [0.717, 1.165) is 43.7 Å². The molecule has 5 heteroatoms. The lowest BCUT2D eigenvalue weighted by molar-refractivity contribution is 0.0509. The molecule has 1 aliphatic rings. The van der Waals surface area contributed by atoms with Crippen LogP contribution in [-0.2, 0) is 17.6 Å². The van der Waals surface area contributed by atoms with Gasteiger partial charge in [-0.15, -0.1) is 0 Å². The lowest BCUT2D eigenvalue weighted by Crippen LogP contribution is -2.40. The number of aryl methyl sites for hydroxylation is 2. The Bertz CT molecular complexity index is 1100. The van der Waals surface area contributed by atoms with Crippen molar-refractivity contribution in [2.45, 2.75) is 51.7 Å². The van der Waals surface area contributed by atoms with Gasteiger partial charge in [0.25, 0.3) is 0 Å². The largest absolute Gasteiger partial charge is 0.444 e. The van der Waals surface area contributed by atoms with Gasteiger partial charge in [-0.05, 0) is 80.1 Å². The minimum Gasteiger partial charge on any atom is -0.444 e. The Kier molecular flexibility index (Phi) is 6.26. The Hall–Kier alpha value is -3.21. The van der Waals surface area contributed by atoms with Crippen molar-refractivity contribution in [2.75, 3.05) is 23.7 Å². The fourth-order valence-corrected chi connectivity index (χ4v) is 4.37. The van der Waals surface area contributed by atoms with Crippen molar-refractivity contribution < 1.29 is 9.53 Å². The van der Waals surface area contributed by atoms with Crippen LogP contribution in [0.4, 0.5) is 16.2 Å². The van der Waals surface area contributed by atoms with E-state index in [2.05, 4.69) is 64.8 Å². The van der Waals surface area contributed by atoms with Crippen LogP contribution in [0.15, 0.2) is 60.7 Å². The molecule has 0 spiro atoms. The minimum absolute atomic E-state index is 0.0848. The number of alkyl carbamates (subject to hydrolysis) is 1. The molecule has 0 unspecified atom stereocenters. The fourth-order valence-electron chi connectivity index (χ4n) is 4.37. The number of nitrogen functional groups attached to an aromatic ring is 1. The maximum Gasteiger partial charge on any atom is 0.407 e. The molecule has 3 N–H and O–H groups in total. The molecule has 32 heavy (non-hydrogen) atoms. The monoisotopic (exact) mass is 431 g/mol. The van der Waals surface area contributed by atoms with E-state index < -0.39 is 5.60 Å². The first-order chi connectivity index (χ1) is 15.3. The zero-order valence-corrected chi connectivity index (χ0v) is 19.2. The molecule has 1 heterocycles. The SMILES string of the molecule is CC(C)(C)OC(=O)N[C@@H]1CCN(c2ccc(N)c(CCc3cccc4ccccc34)c2)C1. The van der Waals surface area contributed by atoms with Gasteiger partial charge in [-0.3, -0.25) is 0 Å². The first-order valence-electron chi connectivity index (χ1n) is 11.4. The summed E-state index contributed by atoms with van der Waals surface area (Å²) < 4.78 is 5.39. The zero-order chi connectivity index (χ0) is 22.7. The van der Waals surface area contributed by atoms with Crippen molar-refractivity contribution in [3.63, 3.8) is 0 Å². The third-order valence-corrected chi connectivity index (χ3v) is 5.94. The number of hydrogen-bond donors (Lipinski definition) is 2. The van der Waals surface area contributed by atoms with Crippen molar-refractivity contribution in [1.82, 2.24) is 5.32 Å². The average Bonchev–Trinajstić information content (AvgIpc) is 3.20. The molecule has 4 rings (SSSR count). The summed E-state index contributed by atoms with van der Waals surface area (Å²) in [7, 11) is 0. The van der Waals surface area contributed by atoms with E-state index in [1.165, 1.54) is 21.9 Å². The Balaban J connectivity index is 1.41. The highest BCUT2D eigenvalue weighted by Crippen LogP contribution is 2.27. The Morgan fingerprint density at radius 1 is 1.06 bits per heavy atom. The van der Waals surface area contributed by atoms with Gasteiger partial charge in [0.1, 0.15) is 5.60 Å². The van der Waals surface area contributed by atoms with Crippen molar-refractivity contribution in [1.29, 1.82) is 0 Å². The van der Waals surface area contributed by atoms with Crippen LogP contribution in [-0.4, -0.2) is 30.8 Å². The Morgan fingerprint density at radius 3 is 2.62 bits per heavy atom. The van der Waals surface area contributed by atoms with Gasteiger partial charge < -0.3 is 20.7 Å².